The van der Waals surface area contributed by atoms with E-state index >= 15 is 0 Å². The van der Waals surface area contributed by atoms with Gasteiger partial charge in [0.2, 0.25) is 0 Å². The summed E-state index contributed by atoms with van der Waals surface area (Å²) in [4.78, 5) is 14.4. The Morgan fingerprint density at radius 3 is 2.56 bits per heavy atom. The monoisotopic (exact) mass is 474 g/mol. The third-order valence-corrected chi connectivity index (χ3v) is 6.94. The molecule has 0 saturated carbocycles. The number of rotatable bonds is 8. The van der Waals surface area contributed by atoms with Gasteiger partial charge in [-0.05, 0) is 70.1 Å². The van der Waals surface area contributed by atoms with Crippen molar-refractivity contribution in [2.24, 2.45) is 5.92 Å². The summed E-state index contributed by atoms with van der Waals surface area (Å²) in [6.07, 6.45) is -0.907. The van der Waals surface area contributed by atoms with E-state index in [1.807, 2.05) is 44.4 Å². The molecule has 2 aliphatic heterocycles. The van der Waals surface area contributed by atoms with Crippen molar-refractivity contribution in [3.05, 3.63) is 65.2 Å². The smallest absolute Gasteiger partial charge is 0.378 e. The molecule has 4 rings (SSSR count). The number of benzene rings is 2. The Morgan fingerprint density at radius 1 is 1.09 bits per heavy atom. The SMILES string of the molecule is CN(C)CCCC(=O)CC[C@H]1CC[C@@H]2[C@H](O1)c1cc(C(F)(F)F)ccc1N[C@H]2c1ccccc1. The lowest BCUT2D eigenvalue weighted by Gasteiger charge is -2.46. The first-order valence-electron chi connectivity index (χ1n) is 12.1. The Morgan fingerprint density at radius 2 is 1.85 bits per heavy atom. The standard InChI is InChI=1S/C27H33F3N2O2/c1-32(2)16-6-9-20(33)11-12-21-13-14-22-25(18-7-4-3-5-8-18)31-24-15-10-19(27(28,29)30)17-23(24)26(22)34-21/h3-5,7-8,10,15,17,21-22,25-26,31H,6,9,11-14,16H2,1-2H3/t21-,22-,25-,26-/m0/s1. The van der Waals surface area contributed by atoms with Crippen LogP contribution in [-0.4, -0.2) is 37.4 Å². The van der Waals surface area contributed by atoms with Crippen molar-refractivity contribution in [1.29, 1.82) is 0 Å². The van der Waals surface area contributed by atoms with Crippen LogP contribution in [0.2, 0.25) is 0 Å². The first kappa shape index (κ1) is 24.7. The van der Waals surface area contributed by atoms with Crippen LogP contribution in [0.15, 0.2) is 48.5 Å². The highest BCUT2D eigenvalue weighted by Gasteiger charge is 2.43. The van der Waals surface area contributed by atoms with Crippen molar-refractivity contribution in [2.75, 3.05) is 26.0 Å². The molecule has 1 saturated heterocycles. The van der Waals surface area contributed by atoms with Crippen LogP contribution in [0.3, 0.4) is 0 Å². The maximum atomic E-state index is 13.5. The highest BCUT2D eigenvalue weighted by Crippen LogP contribution is 2.51. The van der Waals surface area contributed by atoms with Gasteiger partial charge in [-0.2, -0.15) is 13.2 Å². The fraction of sp³-hybridized carbons (Fsp3) is 0.519. The van der Waals surface area contributed by atoms with Crippen LogP contribution in [0.4, 0.5) is 18.9 Å². The van der Waals surface area contributed by atoms with Gasteiger partial charge < -0.3 is 15.0 Å². The number of carbonyl (C=O) groups is 1. The third kappa shape index (κ3) is 5.81. The first-order valence-corrected chi connectivity index (χ1v) is 12.1. The average Bonchev–Trinajstić information content (AvgIpc) is 2.81. The molecule has 2 aromatic rings. The Kier molecular flexibility index (Phi) is 7.63. The molecular weight excluding hydrogens is 441 g/mol. The zero-order valence-electron chi connectivity index (χ0n) is 19.8. The van der Waals surface area contributed by atoms with Gasteiger partial charge >= 0.3 is 6.18 Å². The van der Waals surface area contributed by atoms with E-state index in [2.05, 4.69) is 10.2 Å². The van der Waals surface area contributed by atoms with E-state index in [4.69, 9.17) is 4.74 Å². The van der Waals surface area contributed by atoms with Gasteiger partial charge in [-0.1, -0.05) is 30.3 Å². The average molecular weight is 475 g/mol. The number of Topliss-reactive ketones (excluding diaryl/α,β-unsaturated/α-hetero) is 1. The number of carbonyl (C=O) groups excluding carboxylic acids is 1. The summed E-state index contributed by atoms with van der Waals surface area (Å²) >= 11 is 0. The molecule has 0 aromatic heterocycles. The maximum Gasteiger partial charge on any atom is 0.416 e. The van der Waals surface area contributed by atoms with Gasteiger partial charge in [-0.3, -0.25) is 4.79 Å². The molecule has 184 valence electrons. The largest absolute Gasteiger partial charge is 0.416 e. The molecule has 4 nitrogen and oxygen atoms in total. The normalized spacial score (nSPS) is 24.3. The number of nitrogens with zero attached hydrogens (tertiary/aromatic N) is 1. The maximum absolute atomic E-state index is 13.5. The third-order valence-electron chi connectivity index (χ3n) is 6.94. The molecule has 7 heteroatoms. The van der Waals surface area contributed by atoms with E-state index < -0.39 is 17.8 Å². The number of anilines is 1. The molecule has 0 spiro atoms. The predicted molar refractivity (Wildman–Crippen MR) is 127 cm³/mol. The van der Waals surface area contributed by atoms with Gasteiger partial charge in [-0.25, -0.2) is 0 Å². The lowest BCUT2D eigenvalue weighted by molar-refractivity contribution is -0.138. The van der Waals surface area contributed by atoms with Gasteiger partial charge in [-0.15, -0.1) is 0 Å². The van der Waals surface area contributed by atoms with E-state index in [1.54, 1.807) is 0 Å². The molecule has 1 fully saturated rings. The summed E-state index contributed by atoms with van der Waals surface area (Å²) in [6, 6.07) is 13.8. The zero-order valence-corrected chi connectivity index (χ0v) is 19.8. The number of halogens is 3. The minimum Gasteiger partial charge on any atom is -0.378 e. The van der Waals surface area contributed by atoms with Crippen molar-refractivity contribution < 1.29 is 22.7 Å². The number of hydrogen-bond acceptors (Lipinski definition) is 4. The summed E-state index contributed by atoms with van der Waals surface area (Å²) in [6.45, 7) is 0.877. The summed E-state index contributed by atoms with van der Waals surface area (Å²) in [7, 11) is 3.97. The molecule has 0 amide bonds. The minimum atomic E-state index is -4.41. The molecule has 0 radical (unpaired) electrons. The van der Waals surface area contributed by atoms with Gasteiger partial charge in [0.25, 0.3) is 0 Å². The zero-order chi connectivity index (χ0) is 24.3. The summed E-state index contributed by atoms with van der Waals surface area (Å²) in [5.74, 6) is 0.241. The van der Waals surface area contributed by atoms with E-state index in [-0.39, 0.29) is 23.8 Å². The van der Waals surface area contributed by atoms with E-state index in [0.29, 0.717) is 30.5 Å². The first-order chi connectivity index (χ1) is 16.2. The van der Waals surface area contributed by atoms with Crippen LogP contribution in [0, 0.1) is 5.92 Å². The van der Waals surface area contributed by atoms with Crippen LogP contribution < -0.4 is 5.32 Å². The van der Waals surface area contributed by atoms with Crippen molar-refractivity contribution in [1.82, 2.24) is 4.90 Å². The molecule has 0 unspecified atom stereocenters. The van der Waals surface area contributed by atoms with E-state index in [1.165, 1.54) is 12.1 Å². The van der Waals surface area contributed by atoms with Crippen molar-refractivity contribution >= 4 is 11.5 Å². The summed E-state index contributed by atoms with van der Waals surface area (Å²) in [5.41, 5.74) is 1.69. The highest BCUT2D eigenvalue weighted by molar-refractivity contribution is 5.78. The minimum absolute atomic E-state index is 0.0189. The fourth-order valence-electron chi connectivity index (χ4n) is 5.17. The van der Waals surface area contributed by atoms with Crippen molar-refractivity contribution in [3.63, 3.8) is 0 Å². The molecule has 0 bridgehead atoms. The molecule has 4 atom stereocenters. The van der Waals surface area contributed by atoms with Gasteiger partial charge in [0.1, 0.15) is 5.78 Å². The molecule has 2 heterocycles. The number of nitrogens with one attached hydrogen (secondary N) is 1. The predicted octanol–water partition coefficient (Wildman–Crippen LogP) is 6.40. The van der Waals surface area contributed by atoms with E-state index in [9.17, 15) is 18.0 Å². The molecule has 1 N–H and O–H groups in total. The second-order valence-corrected chi connectivity index (χ2v) is 9.74. The van der Waals surface area contributed by atoms with Gasteiger partial charge in [0, 0.05) is 30.0 Å². The summed E-state index contributed by atoms with van der Waals surface area (Å²) < 4.78 is 46.8. The number of ether oxygens (including phenoxy) is 1. The quantitative estimate of drug-likeness (QED) is 0.481. The Bertz CT molecular complexity index is 978. The fourth-order valence-corrected chi connectivity index (χ4v) is 5.17. The molecule has 34 heavy (non-hydrogen) atoms. The van der Waals surface area contributed by atoms with Crippen LogP contribution in [0.1, 0.15) is 67.4 Å². The number of hydrogen-bond donors (Lipinski definition) is 1. The van der Waals surface area contributed by atoms with Crippen LogP contribution in [0.25, 0.3) is 0 Å². The van der Waals surface area contributed by atoms with Gasteiger partial charge in [0.05, 0.1) is 23.8 Å². The number of alkyl halides is 3. The van der Waals surface area contributed by atoms with E-state index in [0.717, 1.165) is 37.4 Å². The number of fused-ring (bicyclic) bond motifs is 3. The highest BCUT2D eigenvalue weighted by atomic mass is 19.4. The van der Waals surface area contributed by atoms with Crippen LogP contribution >= 0.6 is 0 Å². The lowest BCUT2D eigenvalue weighted by atomic mass is 9.76. The van der Waals surface area contributed by atoms with Crippen LogP contribution in [-0.2, 0) is 15.7 Å². The van der Waals surface area contributed by atoms with Crippen molar-refractivity contribution in [3.8, 4) is 0 Å². The number of ketones is 1. The summed E-state index contributed by atoms with van der Waals surface area (Å²) in [5, 5.41) is 3.48. The second kappa shape index (κ2) is 10.5. The Hall–Kier alpha value is -2.38. The molecule has 2 aromatic carbocycles. The van der Waals surface area contributed by atoms with Gasteiger partial charge in [0.15, 0.2) is 0 Å². The lowest BCUT2D eigenvalue weighted by Crippen LogP contribution is -2.39. The van der Waals surface area contributed by atoms with Crippen molar-refractivity contribution in [2.45, 2.75) is 63.0 Å². The molecule has 0 aliphatic carbocycles. The molecule has 2 aliphatic rings. The van der Waals surface area contributed by atoms with Crippen LogP contribution in [0.5, 0.6) is 0 Å². The second-order valence-electron chi connectivity index (χ2n) is 9.74. The molecular formula is C27H33F3N2O2. The Balaban J connectivity index is 1.52. The Labute approximate surface area is 199 Å². The topological polar surface area (TPSA) is 41.6 Å².